The summed E-state index contributed by atoms with van der Waals surface area (Å²) in [7, 11) is 0. The molecule has 0 rings (SSSR count). The molecule has 0 N–H and O–H groups in total. The minimum Gasteiger partial charge on any atom is -0.144 e. The van der Waals surface area contributed by atoms with Gasteiger partial charge in [0.1, 0.15) is 32.5 Å². The summed E-state index contributed by atoms with van der Waals surface area (Å²) in [5.41, 5.74) is 0. The van der Waals surface area contributed by atoms with Gasteiger partial charge in [0.05, 0.1) is 0 Å². The molecule has 0 unspecified atom stereocenters. The molecule has 0 saturated carbocycles. The third-order valence-electron chi connectivity index (χ3n) is 0.0238. The van der Waals surface area contributed by atoms with Crippen LogP contribution in [-0.4, -0.2) is 0 Å². The fourth-order valence-corrected chi connectivity index (χ4v) is 0. The van der Waals surface area contributed by atoms with Gasteiger partial charge in [0.2, 0.25) is 0 Å². The van der Waals surface area contributed by atoms with E-state index >= 15 is 0 Å². The van der Waals surface area contributed by atoms with Crippen molar-refractivity contribution in [3.8, 4) is 0 Å². The van der Waals surface area contributed by atoms with Crippen molar-refractivity contribution in [2.24, 2.45) is 0 Å². The van der Waals surface area contributed by atoms with E-state index in [0.717, 1.165) is 0 Å². The summed E-state index contributed by atoms with van der Waals surface area (Å²) >= 11 is 4.96. The molecular formula is AgBr2O2. The molecule has 0 aliphatic rings. The fraction of sp³-hybridized carbons (Fsp3) is 0. The first kappa shape index (κ1) is 9.80. The van der Waals surface area contributed by atoms with Crippen molar-refractivity contribution in [2.75, 3.05) is 0 Å². The normalized spacial score (nSPS) is 6.00. The zero-order valence-electron chi connectivity index (χ0n) is 1.87. The van der Waals surface area contributed by atoms with Gasteiger partial charge in [-0.2, -0.15) is 0 Å². The number of hydrogen-bond donors (Lipinski definition) is 0. The van der Waals surface area contributed by atoms with Crippen LogP contribution in [0.1, 0.15) is 0 Å². The van der Waals surface area contributed by atoms with Crippen molar-refractivity contribution in [2.45, 2.75) is 0 Å². The number of rotatable bonds is 1. The van der Waals surface area contributed by atoms with Crippen LogP contribution >= 0.6 is 32.5 Å². The number of halogens is 2. The van der Waals surface area contributed by atoms with Crippen LogP contribution in [0.3, 0.4) is 0 Å². The zero-order valence-corrected chi connectivity index (χ0v) is 6.53. The molecule has 5 heteroatoms. The summed E-state index contributed by atoms with van der Waals surface area (Å²) in [5, 5.41) is 0. The molecule has 0 aromatic heterocycles. The largest absolute Gasteiger partial charge is 0.144 e. The van der Waals surface area contributed by atoms with Crippen molar-refractivity contribution in [1.29, 1.82) is 0 Å². The molecule has 0 atom stereocenters. The molecule has 0 bridgehead atoms. The van der Waals surface area contributed by atoms with Crippen LogP contribution in [0.2, 0.25) is 0 Å². The van der Waals surface area contributed by atoms with Gasteiger partial charge in [-0.25, -0.2) is 0 Å². The summed E-state index contributed by atoms with van der Waals surface area (Å²) in [6.07, 6.45) is 0. The topological polar surface area (TPSA) is 18.5 Å². The molecule has 0 aromatic carbocycles. The number of hydrogen-bond acceptors (Lipinski definition) is 2. The van der Waals surface area contributed by atoms with Gasteiger partial charge in [-0.3, -0.25) is 0 Å². The van der Waals surface area contributed by atoms with Crippen molar-refractivity contribution in [3.63, 3.8) is 0 Å². The molecule has 5 heavy (non-hydrogen) atoms. The first-order chi connectivity index (χ1) is 1.91. The Morgan fingerprint density at radius 1 is 1.00 bits per heavy atom. The minimum atomic E-state index is 0. The molecule has 37 valence electrons. The second kappa shape index (κ2) is 9.15. The van der Waals surface area contributed by atoms with Crippen LogP contribution in [0.5, 0.6) is 0 Å². The summed E-state index contributed by atoms with van der Waals surface area (Å²) < 4.78 is 7.54. The van der Waals surface area contributed by atoms with Gasteiger partial charge < -0.3 is 0 Å². The first-order valence-electron chi connectivity index (χ1n) is 0.475. The molecule has 0 aromatic rings. The van der Waals surface area contributed by atoms with Gasteiger partial charge in [-0.15, -0.1) is 7.96 Å². The third kappa shape index (κ3) is 10.7. The molecule has 0 saturated heterocycles. The Kier molecular flexibility index (Phi) is 17.9. The third-order valence-corrected chi connectivity index (χ3v) is 0.643. The zero-order chi connectivity index (χ0) is 3.41. The quantitative estimate of drug-likeness (QED) is 0.415. The summed E-state index contributed by atoms with van der Waals surface area (Å²) in [5.74, 6) is 0. The van der Waals surface area contributed by atoms with Gasteiger partial charge in [0, 0.05) is 22.4 Å². The van der Waals surface area contributed by atoms with Crippen LogP contribution in [-0.2, 0) is 30.3 Å². The molecular weight excluding hydrogens is 300 g/mol. The van der Waals surface area contributed by atoms with Gasteiger partial charge >= 0.3 is 0 Å². The van der Waals surface area contributed by atoms with Crippen LogP contribution in [0.15, 0.2) is 0 Å². The van der Waals surface area contributed by atoms with Crippen LogP contribution in [0, 0.1) is 0 Å². The fourth-order valence-electron chi connectivity index (χ4n) is 0. The van der Waals surface area contributed by atoms with E-state index < -0.39 is 0 Å². The Bertz CT molecular complexity index is 9.61. The second-order valence-corrected chi connectivity index (χ2v) is 0.655. The average Bonchev–Trinajstić information content (AvgIpc) is 1.37. The predicted molar refractivity (Wildman–Crippen MR) is 20.0 cm³/mol. The molecule has 0 spiro atoms. The standard InChI is InChI=1S/Ag.Br2O2/c;1-3-4-2. The molecule has 0 amide bonds. The molecule has 0 heterocycles. The Labute approximate surface area is 62.5 Å². The van der Waals surface area contributed by atoms with Gasteiger partial charge in [-0.05, 0) is 0 Å². The molecule has 0 fully saturated rings. The van der Waals surface area contributed by atoms with E-state index in [1.807, 2.05) is 0 Å². The summed E-state index contributed by atoms with van der Waals surface area (Å²) in [6, 6.07) is 0. The van der Waals surface area contributed by atoms with Crippen molar-refractivity contribution in [1.82, 2.24) is 0 Å². The summed E-state index contributed by atoms with van der Waals surface area (Å²) in [4.78, 5) is 0. The molecule has 0 aliphatic carbocycles. The Balaban J connectivity index is 0. The van der Waals surface area contributed by atoms with Crippen LogP contribution in [0.25, 0.3) is 0 Å². The maximum absolute atomic E-state index is 3.77. The van der Waals surface area contributed by atoms with E-state index in [-0.39, 0.29) is 22.4 Å². The van der Waals surface area contributed by atoms with E-state index in [2.05, 4.69) is 40.5 Å². The van der Waals surface area contributed by atoms with Crippen molar-refractivity contribution in [3.05, 3.63) is 0 Å². The second-order valence-electron chi connectivity index (χ2n) is 0.126. The van der Waals surface area contributed by atoms with Crippen LogP contribution in [0.4, 0.5) is 0 Å². The SMILES string of the molecule is BrOOBr.[Ag]. The van der Waals surface area contributed by atoms with Gasteiger partial charge in [-0.1, -0.05) is 0 Å². The van der Waals surface area contributed by atoms with Gasteiger partial charge in [0.15, 0.2) is 0 Å². The Morgan fingerprint density at radius 2 is 1.20 bits per heavy atom. The minimum absolute atomic E-state index is 0. The summed E-state index contributed by atoms with van der Waals surface area (Å²) in [6.45, 7) is 0. The molecule has 1 radical (unpaired) electrons. The predicted octanol–water partition coefficient (Wildman–Crippen LogP) is 1.55. The Hall–Kier alpha value is 1.62. The maximum atomic E-state index is 3.77. The maximum Gasteiger partial charge on any atom is 0.144 e. The van der Waals surface area contributed by atoms with E-state index in [0.29, 0.717) is 0 Å². The smallest absolute Gasteiger partial charge is 0.144 e. The van der Waals surface area contributed by atoms with E-state index in [9.17, 15) is 0 Å². The first-order valence-corrected chi connectivity index (χ1v) is 1.77. The van der Waals surface area contributed by atoms with Crippen LogP contribution < -0.4 is 0 Å². The van der Waals surface area contributed by atoms with Crippen molar-refractivity contribution < 1.29 is 30.3 Å². The van der Waals surface area contributed by atoms with E-state index in [4.69, 9.17) is 0 Å². The van der Waals surface area contributed by atoms with E-state index in [1.54, 1.807) is 0 Å². The Morgan fingerprint density at radius 3 is 1.20 bits per heavy atom. The van der Waals surface area contributed by atoms with Crippen molar-refractivity contribution >= 4 is 32.5 Å². The van der Waals surface area contributed by atoms with Gasteiger partial charge in [0.25, 0.3) is 0 Å². The molecule has 2 nitrogen and oxygen atoms in total. The molecule has 0 aliphatic heterocycles. The van der Waals surface area contributed by atoms with E-state index in [1.165, 1.54) is 0 Å². The monoisotopic (exact) mass is 297 g/mol. The average molecular weight is 300 g/mol.